The fourth-order valence-electron chi connectivity index (χ4n) is 8.85. The SMILES string of the molecule is C1=CC2C(C(N(c3ccc(-c4ccccc4)cc3)c3ccc(-c4cccc5c4ccc4oc(-c6ccccc6)nc45)cc3)=C1)c1ccccc1N2c1ccccc1. The zero-order valence-electron chi connectivity index (χ0n) is 31.1. The van der Waals surface area contributed by atoms with Gasteiger partial charge in [-0.2, -0.15) is 0 Å². The minimum absolute atomic E-state index is 0.114. The lowest BCUT2D eigenvalue weighted by molar-refractivity contribution is 0.620. The van der Waals surface area contributed by atoms with Gasteiger partial charge in [0.1, 0.15) is 5.52 Å². The van der Waals surface area contributed by atoms with Crippen LogP contribution < -0.4 is 9.80 Å². The molecule has 0 radical (unpaired) electrons. The van der Waals surface area contributed by atoms with E-state index in [4.69, 9.17) is 9.40 Å². The van der Waals surface area contributed by atoms with Crippen LogP contribution in [0.25, 0.3) is 55.6 Å². The second-order valence-corrected chi connectivity index (χ2v) is 14.7. The summed E-state index contributed by atoms with van der Waals surface area (Å²) in [5.74, 6) is 0.749. The van der Waals surface area contributed by atoms with Crippen molar-refractivity contribution in [2.45, 2.75) is 12.0 Å². The molecule has 0 saturated heterocycles. The van der Waals surface area contributed by atoms with Gasteiger partial charge in [-0.1, -0.05) is 140 Å². The van der Waals surface area contributed by atoms with E-state index in [0.29, 0.717) is 5.89 Å². The van der Waals surface area contributed by atoms with Crippen LogP contribution in [-0.4, -0.2) is 11.0 Å². The standard InChI is InChI=1S/C53H37N3O/c1-4-14-36(15-5-1)37-26-30-41(31-27-37)55(48-24-13-25-49-51(48)46-20-10-11-23-47(46)56(49)40-18-8-3-9-19-40)42-32-28-38(29-33-42)43-21-12-22-45-44(43)34-35-50-52(45)54-53(57-50)39-16-6-2-7-17-39/h1-35,49,51H. The van der Waals surface area contributed by atoms with Crippen molar-refractivity contribution >= 4 is 44.6 Å². The summed E-state index contributed by atoms with van der Waals surface area (Å²) in [7, 11) is 0. The third kappa shape index (κ3) is 5.65. The number of allylic oxidation sites excluding steroid dienone is 2. The number of oxazole rings is 1. The Balaban J connectivity index is 1.01. The van der Waals surface area contributed by atoms with Gasteiger partial charge in [0.15, 0.2) is 5.58 Å². The van der Waals surface area contributed by atoms with Crippen LogP contribution in [0.1, 0.15) is 11.5 Å². The fraction of sp³-hybridized carbons (Fsp3) is 0.0377. The number of aromatic nitrogens is 1. The number of hydrogen-bond acceptors (Lipinski definition) is 4. The van der Waals surface area contributed by atoms with Gasteiger partial charge in [0, 0.05) is 39.4 Å². The zero-order chi connectivity index (χ0) is 37.7. The molecule has 2 atom stereocenters. The highest BCUT2D eigenvalue weighted by Crippen LogP contribution is 2.52. The maximum Gasteiger partial charge on any atom is 0.227 e. The first-order valence-electron chi connectivity index (χ1n) is 19.5. The molecule has 0 N–H and O–H groups in total. The summed E-state index contributed by atoms with van der Waals surface area (Å²) >= 11 is 0. The number of nitrogens with zero attached hydrogens (tertiary/aromatic N) is 3. The van der Waals surface area contributed by atoms with Gasteiger partial charge in [-0.3, -0.25) is 0 Å². The maximum absolute atomic E-state index is 6.24. The van der Waals surface area contributed by atoms with Gasteiger partial charge in [-0.05, 0) is 106 Å². The molecule has 2 heterocycles. The van der Waals surface area contributed by atoms with Crippen LogP contribution in [0.15, 0.2) is 222 Å². The third-order valence-electron chi connectivity index (χ3n) is 11.5. The molecule has 270 valence electrons. The Hall–Kier alpha value is -7.43. The molecule has 0 saturated carbocycles. The van der Waals surface area contributed by atoms with Crippen molar-refractivity contribution in [3.8, 4) is 33.7 Å². The number of fused-ring (bicyclic) bond motifs is 6. The Bertz CT molecular complexity index is 2950. The average Bonchev–Trinajstić information content (AvgIpc) is 3.88. The number of hydrogen-bond donors (Lipinski definition) is 0. The Kier molecular flexibility index (Phi) is 7.92. The number of para-hydroxylation sites is 2. The summed E-state index contributed by atoms with van der Waals surface area (Å²) in [5, 5.41) is 2.22. The molecule has 0 fully saturated rings. The highest BCUT2D eigenvalue weighted by molar-refractivity contribution is 6.09. The lowest BCUT2D eigenvalue weighted by Crippen LogP contribution is -2.34. The van der Waals surface area contributed by atoms with Crippen LogP contribution in [0.2, 0.25) is 0 Å². The molecular formula is C53H37N3O. The van der Waals surface area contributed by atoms with E-state index in [1.807, 2.05) is 36.4 Å². The predicted octanol–water partition coefficient (Wildman–Crippen LogP) is 13.9. The lowest BCUT2D eigenvalue weighted by Gasteiger charge is -2.37. The molecule has 57 heavy (non-hydrogen) atoms. The van der Waals surface area contributed by atoms with E-state index in [2.05, 4.69) is 186 Å². The normalized spacial score (nSPS) is 15.7. The molecular weight excluding hydrogens is 695 g/mol. The Labute approximate surface area is 331 Å². The number of benzene rings is 8. The van der Waals surface area contributed by atoms with Crippen molar-refractivity contribution in [1.82, 2.24) is 4.98 Å². The number of rotatable bonds is 7. The fourth-order valence-corrected chi connectivity index (χ4v) is 8.85. The first-order valence-corrected chi connectivity index (χ1v) is 19.5. The summed E-state index contributed by atoms with van der Waals surface area (Å²) in [4.78, 5) is 9.93. The largest absolute Gasteiger partial charge is 0.436 e. The lowest BCUT2D eigenvalue weighted by atomic mass is 9.86. The van der Waals surface area contributed by atoms with Gasteiger partial charge < -0.3 is 14.2 Å². The summed E-state index contributed by atoms with van der Waals surface area (Å²) in [6.07, 6.45) is 6.90. The van der Waals surface area contributed by atoms with E-state index >= 15 is 0 Å². The molecule has 9 aromatic rings. The van der Waals surface area contributed by atoms with E-state index in [0.717, 1.165) is 49.9 Å². The molecule has 8 aromatic carbocycles. The van der Waals surface area contributed by atoms with Crippen LogP contribution in [0.3, 0.4) is 0 Å². The van der Waals surface area contributed by atoms with Crippen molar-refractivity contribution < 1.29 is 4.42 Å². The van der Waals surface area contributed by atoms with Crippen molar-refractivity contribution in [3.05, 3.63) is 224 Å². The third-order valence-corrected chi connectivity index (χ3v) is 11.5. The minimum Gasteiger partial charge on any atom is -0.436 e. The monoisotopic (exact) mass is 731 g/mol. The molecule has 2 aliphatic rings. The first-order chi connectivity index (χ1) is 28.3. The molecule has 2 unspecified atom stereocenters. The Morgan fingerprint density at radius 2 is 1.14 bits per heavy atom. The van der Waals surface area contributed by atoms with Crippen LogP contribution >= 0.6 is 0 Å². The molecule has 4 nitrogen and oxygen atoms in total. The average molecular weight is 732 g/mol. The molecule has 4 heteroatoms. The summed E-state index contributed by atoms with van der Waals surface area (Å²) in [6, 6.07) is 69.2. The van der Waals surface area contributed by atoms with E-state index in [9.17, 15) is 0 Å². The summed E-state index contributed by atoms with van der Waals surface area (Å²) in [5.41, 5.74) is 14.6. The Morgan fingerprint density at radius 3 is 1.88 bits per heavy atom. The van der Waals surface area contributed by atoms with E-state index in [-0.39, 0.29) is 12.0 Å². The van der Waals surface area contributed by atoms with Crippen molar-refractivity contribution in [2.24, 2.45) is 0 Å². The van der Waals surface area contributed by atoms with E-state index in [1.54, 1.807) is 0 Å². The topological polar surface area (TPSA) is 32.5 Å². The Morgan fingerprint density at radius 1 is 0.509 bits per heavy atom. The molecule has 0 bridgehead atoms. The van der Waals surface area contributed by atoms with Gasteiger partial charge in [-0.15, -0.1) is 0 Å². The second kappa shape index (κ2) is 13.7. The highest BCUT2D eigenvalue weighted by Gasteiger charge is 2.42. The summed E-state index contributed by atoms with van der Waals surface area (Å²) < 4.78 is 6.24. The second-order valence-electron chi connectivity index (χ2n) is 14.7. The van der Waals surface area contributed by atoms with Gasteiger partial charge >= 0.3 is 0 Å². The van der Waals surface area contributed by atoms with Crippen molar-refractivity contribution in [1.29, 1.82) is 0 Å². The summed E-state index contributed by atoms with van der Waals surface area (Å²) in [6.45, 7) is 0. The van der Waals surface area contributed by atoms with Crippen molar-refractivity contribution in [2.75, 3.05) is 9.80 Å². The van der Waals surface area contributed by atoms with Gasteiger partial charge in [0.25, 0.3) is 0 Å². The maximum atomic E-state index is 6.24. The molecule has 1 aromatic heterocycles. The smallest absolute Gasteiger partial charge is 0.227 e. The zero-order valence-corrected chi connectivity index (χ0v) is 31.1. The van der Waals surface area contributed by atoms with E-state index < -0.39 is 0 Å². The first kappa shape index (κ1) is 33.0. The van der Waals surface area contributed by atoms with Gasteiger partial charge in [-0.25, -0.2) is 4.98 Å². The number of anilines is 4. The van der Waals surface area contributed by atoms with Crippen LogP contribution in [-0.2, 0) is 0 Å². The van der Waals surface area contributed by atoms with E-state index in [1.165, 1.54) is 33.8 Å². The van der Waals surface area contributed by atoms with Gasteiger partial charge in [0.2, 0.25) is 5.89 Å². The minimum atomic E-state index is 0.114. The quantitative estimate of drug-likeness (QED) is 0.163. The van der Waals surface area contributed by atoms with Crippen LogP contribution in [0.4, 0.5) is 22.7 Å². The predicted molar refractivity (Wildman–Crippen MR) is 235 cm³/mol. The van der Waals surface area contributed by atoms with Crippen LogP contribution in [0, 0.1) is 0 Å². The molecule has 0 spiro atoms. The highest BCUT2D eigenvalue weighted by atomic mass is 16.3. The molecule has 11 rings (SSSR count). The molecule has 1 aliphatic heterocycles. The molecule has 1 aliphatic carbocycles. The molecule has 0 amide bonds. The van der Waals surface area contributed by atoms with Crippen molar-refractivity contribution in [3.63, 3.8) is 0 Å². The van der Waals surface area contributed by atoms with Crippen LogP contribution in [0.5, 0.6) is 0 Å². The van der Waals surface area contributed by atoms with Gasteiger partial charge in [0.05, 0.1) is 12.0 Å².